The van der Waals surface area contributed by atoms with E-state index in [-0.39, 0.29) is 23.6 Å². The van der Waals surface area contributed by atoms with Gasteiger partial charge in [-0.1, -0.05) is 6.57 Å². The van der Waals surface area contributed by atoms with Gasteiger partial charge in [-0.25, -0.2) is 44.6 Å². The largest absolute Gasteiger partial charge is 0.383 e. The number of ether oxygens (including phenoxy) is 1. The first kappa shape index (κ1) is 82.4. The summed E-state index contributed by atoms with van der Waals surface area (Å²) < 4.78 is 20.0. The van der Waals surface area contributed by atoms with Crippen LogP contribution >= 0.6 is 0 Å². The van der Waals surface area contributed by atoms with E-state index in [4.69, 9.17) is 41.4 Å². The van der Waals surface area contributed by atoms with Crippen molar-refractivity contribution in [1.29, 1.82) is 0 Å². The summed E-state index contributed by atoms with van der Waals surface area (Å²) in [7, 11) is 12.5. The third-order valence-electron chi connectivity index (χ3n) is 23.9. The number of hydrogen-bond acceptors (Lipinski definition) is 22. The highest BCUT2D eigenvalue weighted by Gasteiger charge is 2.30. The van der Waals surface area contributed by atoms with Gasteiger partial charge in [0.1, 0.15) is 27.8 Å². The molecule has 1 saturated heterocycles. The van der Waals surface area contributed by atoms with Crippen molar-refractivity contribution in [1.82, 2.24) is 163 Å². The first-order valence-electron chi connectivity index (χ1n) is 42.4. The van der Waals surface area contributed by atoms with Crippen LogP contribution in [0.1, 0.15) is 116 Å². The van der Waals surface area contributed by atoms with Crippen LogP contribution in [0.15, 0.2) is 93.0 Å². The second kappa shape index (κ2) is 34.6. The number of nitrogens with zero attached hydrogens (tertiary/aromatic N) is 29. The Morgan fingerprint density at radius 3 is 1.17 bits per heavy atom. The van der Waals surface area contributed by atoms with E-state index in [1.165, 1.54) is 4.68 Å². The Morgan fingerprint density at radius 2 is 0.770 bits per heavy atom. The standard InChI is InChI=1S/C24H29N9O.C22H26N8O2.C21H21N9O.C20H22N8O/c1-15-18-12-32(29-15)9-3-4-22(34)31(2)14-21-19(13-33(30-21)16-5-7-25-8-6-16)20-11-27-24-23(28-20)17(18)10-26-24;1-14-16-11-29(26-14)6-4-5-20(31)28(2)13-19-17(12-30(27-19)7-8-32-3)18-10-24-22-21(25-18)15(16)9-23-22;1-12-14-10-30(26-12)7-5-6-17(31)28(3)11-16-18(21(22-2)29(4)27-16)15-9-24-20-19(25-15)13(14)8-23-20;1-12-14-10-28(24-12)6-4-5-18(29)26(2)11-17-15(9-27(3)25-17)16-8-22-20-19(23-16)13(14)7-21-20/h10-13,16,25H,3-9,14H2,1-2H3,(H,26,27);9-12H,4-8,13H2,1-3H3,(H,23,24);8-10H,5-7,11H2,1,3-4H3,(H,23,24);7-10H,4-6,11H2,1-3H3,(H,21,22). The molecule has 5 aliphatic rings. The van der Waals surface area contributed by atoms with Crippen molar-refractivity contribution in [2.45, 2.75) is 157 Å². The van der Waals surface area contributed by atoms with Gasteiger partial charge in [0.05, 0.1) is 145 Å². The number of aromatic nitrogens is 28. The van der Waals surface area contributed by atoms with E-state index in [0.717, 1.165) is 197 Å². The van der Waals surface area contributed by atoms with Crippen molar-refractivity contribution >= 4 is 74.1 Å². The van der Waals surface area contributed by atoms with E-state index in [0.29, 0.717) is 138 Å². The summed E-state index contributed by atoms with van der Waals surface area (Å²) in [6.07, 6.45) is 35.4. The molecule has 5 aliphatic heterocycles. The lowest BCUT2D eigenvalue weighted by atomic mass is 10.1. The number of fused-ring (bicyclic) bond motifs is 24. The third-order valence-corrected chi connectivity index (χ3v) is 23.9. The van der Waals surface area contributed by atoms with Crippen molar-refractivity contribution < 1.29 is 23.9 Å². The van der Waals surface area contributed by atoms with Crippen LogP contribution in [0.5, 0.6) is 0 Å². The Morgan fingerprint density at radius 1 is 0.413 bits per heavy atom. The number of methoxy groups -OCH3 is 1. The minimum absolute atomic E-state index is 0.0213. The first-order valence-corrected chi connectivity index (χ1v) is 42.4. The zero-order chi connectivity index (χ0) is 87.3. The number of amides is 4. The van der Waals surface area contributed by atoms with Crippen LogP contribution in [0, 0.1) is 34.3 Å². The van der Waals surface area contributed by atoms with Crippen molar-refractivity contribution in [3.8, 4) is 89.5 Å². The third kappa shape index (κ3) is 16.5. The zero-order valence-corrected chi connectivity index (χ0v) is 72.3. The summed E-state index contributed by atoms with van der Waals surface area (Å²) in [6, 6.07) is 0.341. The molecule has 0 aromatic carbocycles. The Balaban J connectivity index is 0.000000114. The number of carbonyl (C=O) groups is 4. The van der Waals surface area contributed by atoms with E-state index in [1.54, 1.807) is 70.3 Å². The number of H-pyrrole nitrogens is 4. The average Bonchev–Trinajstić information content (AvgIpc) is 1.62. The molecule has 0 atom stereocenters. The Kier molecular flexibility index (Phi) is 22.7. The highest BCUT2D eigenvalue weighted by Crippen LogP contribution is 2.40. The van der Waals surface area contributed by atoms with Gasteiger partial charge in [0.2, 0.25) is 23.6 Å². The minimum Gasteiger partial charge on any atom is -0.383 e. The van der Waals surface area contributed by atoms with E-state index < -0.39 is 0 Å². The molecule has 0 aliphatic carbocycles. The Labute approximate surface area is 722 Å². The zero-order valence-electron chi connectivity index (χ0n) is 72.3. The number of aryl methyl sites for hydroxylation is 10. The fourth-order valence-corrected chi connectivity index (χ4v) is 17.1. The van der Waals surface area contributed by atoms with Gasteiger partial charge in [-0.2, -0.15) is 35.7 Å². The topological polar surface area (TPSA) is 416 Å². The molecule has 16 aromatic rings. The van der Waals surface area contributed by atoms with Crippen molar-refractivity contribution in [2.24, 2.45) is 14.1 Å². The molecule has 21 rings (SSSR count). The molecule has 39 heteroatoms. The van der Waals surface area contributed by atoms with Crippen LogP contribution < -0.4 is 5.32 Å². The van der Waals surface area contributed by atoms with E-state index in [2.05, 4.69) is 91.5 Å². The number of rotatable bonds is 4. The molecule has 0 saturated carbocycles. The quantitative estimate of drug-likeness (QED) is 0.102. The maximum absolute atomic E-state index is 12.9. The highest BCUT2D eigenvalue weighted by molar-refractivity contribution is 5.96. The summed E-state index contributed by atoms with van der Waals surface area (Å²) in [5.41, 5.74) is 26.7. The summed E-state index contributed by atoms with van der Waals surface area (Å²) in [5.74, 6) is 0.667. The molecular formula is C87H98N34O5. The lowest BCUT2D eigenvalue weighted by Gasteiger charge is -2.23. The average molecular weight is 1700 g/mol. The molecule has 0 radical (unpaired) electrons. The molecule has 39 nitrogen and oxygen atoms in total. The van der Waals surface area contributed by atoms with Crippen molar-refractivity contribution in [3.05, 3.63) is 150 Å². The number of nitrogens with one attached hydrogen (secondary N) is 5. The molecule has 16 bridgehead atoms. The van der Waals surface area contributed by atoms with Gasteiger partial charge < -0.3 is 54.4 Å². The van der Waals surface area contributed by atoms with Gasteiger partial charge in [-0.3, -0.25) is 52.0 Å². The van der Waals surface area contributed by atoms with E-state index in [1.807, 2.05) is 141 Å². The monoisotopic (exact) mass is 1700 g/mol. The minimum atomic E-state index is 0.0213. The lowest BCUT2D eigenvalue weighted by Crippen LogP contribution is -2.30. The smallest absolute Gasteiger partial charge is 0.261 e. The molecule has 4 amide bonds. The van der Waals surface area contributed by atoms with Crippen LogP contribution in [0.4, 0.5) is 5.82 Å². The SMILES string of the molecule is COCCn1cc2c(n1)CN(C)C(=O)CCCn1cc(c(C)n1)-c1c[nH]c3ncc-2nc13.Cc1nn2cc1-c1c[nH]c3ncc(nc13)-c1cn(C)nc1CN(C)C(=O)CCC2.Cc1nn2cc1-c1c[nH]c3ncc(nc13)-c1cn(C3CCNCC3)nc1CN(C)C(=O)CCC2.[C-]#[N+]c1c2c(nn1C)CN(C)C(=O)CCCn1cc(c(C)n1)-c1c[nH]c3ncc-2nc13. The second-order valence-electron chi connectivity index (χ2n) is 32.8. The van der Waals surface area contributed by atoms with Gasteiger partial charge in [0.25, 0.3) is 5.82 Å². The Hall–Kier alpha value is -14.6. The predicted molar refractivity (Wildman–Crippen MR) is 468 cm³/mol. The number of aromatic amines is 4. The molecule has 0 unspecified atom stereocenters. The molecule has 5 N–H and O–H groups in total. The normalized spacial score (nSPS) is 15.4. The van der Waals surface area contributed by atoms with Crippen molar-refractivity contribution in [2.75, 3.05) is 55.0 Å². The maximum Gasteiger partial charge on any atom is 0.261 e. The second-order valence-corrected chi connectivity index (χ2v) is 32.8. The number of carbonyl (C=O) groups excluding carboxylic acids is 4. The molecule has 1 fully saturated rings. The molecular weight excluding hydrogens is 1600 g/mol. The lowest BCUT2D eigenvalue weighted by molar-refractivity contribution is -0.131. The predicted octanol–water partition coefficient (Wildman–Crippen LogP) is 10.2. The summed E-state index contributed by atoms with van der Waals surface area (Å²) >= 11 is 0. The molecule has 126 heavy (non-hydrogen) atoms. The Bertz CT molecular complexity index is 6860. The summed E-state index contributed by atoms with van der Waals surface area (Å²) in [6.45, 7) is 23.0. The van der Waals surface area contributed by atoms with Crippen LogP contribution in [0.3, 0.4) is 0 Å². The number of piperidine rings is 1. The first-order chi connectivity index (χ1) is 61.0. The van der Waals surface area contributed by atoms with Gasteiger partial charge in [-0.15, -0.1) is 5.10 Å². The summed E-state index contributed by atoms with van der Waals surface area (Å²) in [5, 5.41) is 40.8. The van der Waals surface area contributed by atoms with Gasteiger partial charge in [-0.05, 0) is 79.3 Å². The molecule has 16 aromatic heterocycles. The van der Waals surface area contributed by atoms with Gasteiger partial charge in [0, 0.05) is 224 Å². The van der Waals surface area contributed by atoms with Crippen molar-refractivity contribution in [3.63, 3.8) is 0 Å². The van der Waals surface area contributed by atoms with E-state index >= 15 is 0 Å². The molecule has 646 valence electrons. The fourth-order valence-electron chi connectivity index (χ4n) is 17.1. The highest BCUT2D eigenvalue weighted by atomic mass is 16.5. The van der Waals surface area contributed by atoms with Gasteiger partial charge >= 0.3 is 0 Å². The molecule has 21 heterocycles. The van der Waals surface area contributed by atoms with Crippen LogP contribution in [0.2, 0.25) is 0 Å². The summed E-state index contributed by atoms with van der Waals surface area (Å²) in [4.78, 5) is 113. The maximum atomic E-state index is 12.9. The number of hydrogen-bond donors (Lipinski definition) is 5. The molecule has 0 spiro atoms. The fraction of sp³-hybridized carbons (Fsp3) is 0.391. The van der Waals surface area contributed by atoms with Crippen LogP contribution in [0.25, 0.3) is 139 Å². The van der Waals surface area contributed by atoms with Crippen LogP contribution in [-0.4, -0.2) is 236 Å². The van der Waals surface area contributed by atoms with E-state index in [9.17, 15) is 19.2 Å². The van der Waals surface area contributed by atoms with Gasteiger partial charge in [0.15, 0.2) is 22.6 Å². The van der Waals surface area contributed by atoms with Crippen LogP contribution in [-0.2, 0) is 96.9 Å².